The third-order valence-electron chi connectivity index (χ3n) is 3.79. The van der Waals surface area contributed by atoms with Gasteiger partial charge in [-0.05, 0) is 17.2 Å². The average Bonchev–Trinajstić information content (AvgIpc) is 3.19. The van der Waals surface area contributed by atoms with Crippen LogP contribution in [-0.2, 0) is 7.05 Å². The summed E-state index contributed by atoms with van der Waals surface area (Å²) in [5.41, 5.74) is 1.74. The highest BCUT2D eigenvalue weighted by atomic mass is 16.5. The van der Waals surface area contributed by atoms with E-state index in [4.69, 9.17) is 9.84 Å². The van der Waals surface area contributed by atoms with Crippen molar-refractivity contribution in [1.29, 1.82) is 0 Å². The predicted octanol–water partition coefficient (Wildman–Crippen LogP) is 2.09. The van der Waals surface area contributed by atoms with Gasteiger partial charge >= 0.3 is 0 Å². The molecule has 1 atom stereocenters. The standard InChI is InChI=1S/C16H16N7O/c1-22-11-13(9-18-22)23-7-6-17-10-15(23)20-16(21-23)19-12-4-3-5-14(8-12)24-2/h3-11H,1-2H3,(H,19,21)/q+1. The van der Waals surface area contributed by atoms with Crippen LogP contribution >= 0.6 is 0 Å². The first-order valence-electron chi connectivity index (χ1n) is 7.39. The van der Waals surface area contributed by atoms with Crippen molar-refractivity contribution in [2.45, 2.75) is 0 Å². The van der Waals surface area contributed by atoms with Crippen molar-refractivity contribution in [2.24, 2.45) is 22.1 Å². The second-order valence-corrected chi connectivity index (χ2v) is 5.38. The number of nitrogens with one attached hydrogen (secondary N) is 1. The van der Waals surface area contributed by atoms with Gasteiger partial charge in [-0.1, -0.05) is 10.7 Å². The van der Waals surface area contributed by atoms with Crippen LogP contribution in [0.2, 0.25) is 0 Å². The predicted molar refractivity (Wildman–Crippen MR) is 94.1 cm³/mol. The molecule has 2 aromatic rings. The number of quaternary nitrogens is 1. The quantitative estimate of drug-likeness (QED) is 0.879. The van der Waals surface area contributed by atoms with E-state index in [1.54, 1.807) is 30.4 Å². The van der Waals surface area contributed by atoms with Gasteiger partial charge in [0, 0.05) is 18.8 Å². The first-order chi connectivity index (χ1) is 11.7. The van der Waals surface area contributed by atoms with E-state index < -0.39 is 0 Å². The normalized spacial score (nSPS) is 21.2. The molecular formula is C16H16N7O+. The third kappa shape index (κ3) is 2.29. The lowest BCUT2D eigenvalue weighted by Crippen LogP contribution is -2.44. The van der Waals surface area contributed by atoms with Crippen LogP contribution in [0.25, 0.3) is 0 Å². The van der Waals surface area contributed by atoms with Crippen molar-refractivity contribution >= 4 is 29.4 Å². The van der Waals surface area contributed by atoms with Gasteiger partial charge in [0.2, 0.25) is 5.69 Å². The molecule has 3 heterocycles. The minimum atomic E-state index is 0.115. The maximum absolute atomic E-state index is 5.24. The summed E-state index contributed by atoms with van der Waals surface area (Å²) in [5, 5.41) is 12.2. The Balaban J connectivity index is 1.71. The number of ether oxygens (including phenoxy) is 1. The zero-order chi connectivity index (χ0) is 16.6. The van der Waals surface area contributed by atoms with Crippen LogP contribution in [0.5, 0.6) is 5.75 Å². The van der Waals surface area contributed by atoms with Crippen molar-refractivity contribution in [3.63, 3.8) is 0 Å². The van der Waals surface area contributed by atoms with Crippen LogP contribution in [0.1, 0.15) is 0 Å². The number of aliphatic imine (C=N–C) groups is 2. The number of rotatable bonds is 3. The van der Waals surface area contributed by atoms with Gasteiger partial charge < -0.3 is 10.1 Å². The molecule has 1 unspecified atom stereocenters. The summed E-state index contributed by atoms with van der Waals surface area (Å²) in [5.74, 6) is 1.97. The molecule has 8 nitrogen and oxygen atoms in total. The molecule has 4 rings (SSSR count). The SMILES string of the molecule is COc1cccc(NC2=N[N+]3(c4cnn(C)c4)C=CN=CC3=N2)c1. The summed E-state index contributed by atoms with van der Waals surface area (Å²) >= 11 is 0. The summed E-state index contributed by atoms with van der Waals surface area (Å²) in [6.45, 7) is 0. The molecule has 0 spiro atoms. The average molecular weight is 322 g/mol. The lowest BCUT2D eigenvalue weighted by atomic mass is 10.3. The summed E-state index contributed by atoms with van der Waals surface area (Å²) in [7, 11) is 3.51. The summed E-state index contributed by atoms with van der Waals surface area (Å²) in [6, 6.07) is 7.61. The highest BCUT2D eigenvalue weighted by Crippen LogP contribution is 2.30. The van der Waals surface area contributed by atoms with E-state index in [1.807, 2.05) is 43.7 Å². The molecule has 2 aliphatic rings. The number of fused-ring (bicyclic) bond motifs is 1. The Bertz CT molecular complexity index is 909. The number of methoxy groups -OCH3 is 1. The number of anilines is 1. The summed E-state index contributed by atoms with van der Waals surface area (Å²) in [6.07, 6.45) is 8.98. The van der Waals surface area contributed by atoms with Crippen LogP contribution in [0.4, 0.5) is 11.4 Å². The first-order valence-corrected chi connectivity index (χ1v) is 7.39. The Morgan fingerprint density at radius 1 is 1.29 bits per heavy atom. The number of guanidine groups is 1. The molecule has 1 N–H and O–H groups in total. The Kier molecular flexibility index (Phi) is 3.24. The molecular weight excluding hydrogens is 306 g/mol. The second kappa shape index (κ2) is 5.43. The number of aryl methyl sites for hydroxylation is 1. The van der Waals surface area contributed by atoms with Gasteiger partial charge in [-0.25, -0.2) is 0 Å². The first kappa shape index (κ1) is 14.3. The van der Waals surface area contributed by atoms with Gasteiger partial charge in [0.05, 0.1) is 19.5 Å². The molecule has 0 aliphatic carbocycles. The summed E-state index contributed by atoms with van der Waals surface area (Å²) in [4.78, 5) is 8.73. The van der Waals surface area contributed by atoms with E-state index >= 15 is 0 Å². The van der Waals surface area contributed by atoms with E-state index in [1.165, 1.54) is 0 Å². The molecule has 0 saturated heterocycles. The molecule has 0 fully saturated rings. The van der Waals surface area contributed by atoms with Gasteiger partial charge in [-0.3, -0.25) is 9.67 Å². The van der Waals surface area contributed by atoms with Gasteiger partial charge in [0.1, 0.15) is 18.2 Å². The van der Waals surface area contributed by atoms with Gasteiger partial charge in [-0.15, -0.1) is 0 Å². The molecule has 1 aromatic heterocycles. The van der Waals surface area contributed by atoms with E-state index in [0.29, 0.717) is 11.8 Å². The molecule has 0 saturated carbocycles. The zero-order valence-electron chi connectivity index (χ0n) is 13.3. The fraction of sp³-hybridized carbons (Fsp3) is 0.125. The lowest BCUT2D eigenvalue weighted by Gasteiger charge is -2.21. The molecule has 1 aromatic carbocycles. The highest BCUT2D eigenvalue weighted by molar-refractivity contribution is 6.38. The highest BCUT2D eigenvalue weighted by Gasteiger charge is 2.43. The van der Waals surface area contributed by atoms with Crippen molar-refractivity contribution in [2.75, 3.05) is 12.4 Å². The summed E-state index contributed by atoms with van der Waals surface area (Å²) < 4.78 is 7.10. The van der Waals surface area contributed by atoms with Crippen molar-refractivity contribution < 1.29 is 4.74 Å². The monoisotopic (exact) mass is 322 g/mol. The Hall–Kier alpha value is -3.26. The fourth-order valence-corrected chi connectivity index (χ4v) is 2.62. The van der Waals surface area contributed by atoms with E-state index in [-0.39, 0.29) is 4.59 Å². The van der Waals surface area contributed by atoms with Crippen LogP contribution in [-0.4, -0.2) is 34.9 Å². The number of amidine groups is 1. The van der Waals surface area contributed by atoms with Gasteiger partial charge in [0.25, 0.3) is 11.8 Å². The molecule has 120 valence electrons. The molecule has 24 heavy (non-hydrogen) atoms. The molecule has 2 aliphatic heterocycles. The van der Waals surface area contributed by atoms with Crippen LogP contribution < -0.4 is 14.6 Å². The molecule has 8 heteroatoms. The third-order valence-corrected chi connectivity index (χ3v) is 3.79. The topological polar surface area (TPSA) is 76.2 Å². The van der Waals surface area contributed by atoms with Crippen molar-refractivity contribution in [3.8, 4) is 5.75 Å². The number of aromatic nitrogens is 2. The minimum Gasteiger partial charge on any atom is -0.497 e. The van der Waals surface area contributed by atoms with Crippen LogP contribution in [0.3, 0.4) is 0 Å². The maximum Gasteiger partial charge on any atom is 0.287 e. The molecule has 0 radical (unpaired) electrons. The Morgan fingerprint density at radius 2 is 2.21 bits per heavy atom. The van der Waals surface area contributed by atoms with Crippen molar-refractivity contribution in [1.82, 2.24) is 14.4 Å². The Labute approximate surface area is 138 Å². The molecule has 0 bridgehead atoms. The van der Waals surface area contributed by atoms with Crippen molar-refractivity contribution in [3.05, 3.63) is 49.1 Å². The lowest BCUT2D eigenvalue weighted by molar-refractivity contribution is 0.415. The fourth-order valence-electron chi connectivity index (χ4n) is 2.62. The number of hydrogen-bond acceptors (Lipinski definition) is 6. The number of hydrogen-bond donors (Lipinski definition) is 1. The van der Waals surface area contributed by atoms with Gasteiger partial charge in [-0.2, -0.15) is 10.1 Å². The number of benzene rings is 1. The molecule has 0 amide bonds. The number of nitrogens with zero attached hydrogens (tertiary/aromatic N) is 6. The van der Waals surface area contributed by atoms with E-state index in [2.05, 4.69) is 20.4 Å². The zero-order valence-corrected chi connectivity index (χ0v) is 13.3. The minimum absolute atomic E-state index is 0.115. The van der Waals surface area contributed by atoms with E-state index in [9.17, 15) is 0 Å². The maximum atomic E-state index is 5.24. The largest absolute Gasteiger partial charge is 0.497 e. The smallest absolute Gasteiger partial charge is 0.287 e. The van der Waals surface area contributed by atoms with Gasteiger partial charge in [0.15, 0.2) is 6.20 Å². The van der Waals surface area contributed by atoms with Crippen LogP contribution in [0.15, 0.2) is 64.1 Å². The van der Waals surface area contributed by atoms with E-state index in [0.717, 1.165) is 17.1 Å². The Morgan fingerprint density at radius 3 is 3.00 bits per heavy atom. The van der Waals surface area contributed by atoms with Crippen LogP contribution in [0, 0.1) is 0 Å². The second-order valence-electron chi connectivity index (χ2n) is 5.38.